The molecular formula is C24H25ClN4OS. The highest BCUT2D eigenvalue weighted by Gasteiger charge is 2.33. The number of nitrogens with one attached hydrogen (secondary N) is 1. The van der Waals surface area contributed by atoms with Gasteiger partial charge in [0, 0.05) is 22.8 Å². The first-order valence-corrected chi connectivity index (χ1v) is 11.2. The molecule has 1 aromatic heterocycles. The van der Waals surface area contributed by atoms with Crippen LogP contribution in [0.4, 0.5) is 0 Å². The summed E-state index contributed by atoms with van der Waals surface area (Å²) < 4.78 is 5.78. The molecule has 7 heteroatoms. The lowest BCUT2D eigenvalue weighted by Gasteiger charge is -2.37. The average molecular weight is 453 g/mol. The van der Waals surface area contributed by atoms with Gasteiger partial charge < -0.3 is 14.7 Å². The van der Waals surface area contributed by atoms with Crippen molar-refractivity contribution in [1.82, 2.24) is 20.4 Å². The zero-order valence-electron chi connectivity index (χ0n) is 17.9. The third-order valence-electron chi connectivity index (χ3n) is 5.47. The Balaban J connectivity index is 1.80. The topological polar surface area (TPSA) is 54.2 Å². The van der Waals surface area contributed by atoms with E-state index in [2.05, 4.69) is 29.2 Å². The third kappa shape index (κ3) is 4.50. The standard InChI is InChI=1S/C24H25ClN4OS/c1-4-5-13-29-16(3)20(21(26-24(29)31)17-9-11-19(25)12-10-17)23-27-22(28-30-23)18-8-6-7-15(2)14-18/h6-12,14,21H,4-5,13H2,1-3H3,(H,26,31). The van der Waals surface area contributed by atoms with Crippen LogP contribution in [0.2, 0.25) is 5.02 Å². The van der Waals surface area contributed by atoms with Crippen LogP contribution in [0, 0.1) is 6.92 Å². The minimum Gasteiger partial charge on any atom is -0.351 e. The first-order chi connectivity index (χ1) is 15.0. The van der Waals surface area contributed by atoms with Crippen LogP contribution in [0.3, 0.4) is 0 Å². The van der Waals surface area contributed by atoms with Crippen LogP contribution in [-0.2, 0) is 0 Å². The van der Waals surface area contributed by atoms with Crippen LogP contribution in [0.25, 0.3) is 17.0 Å². The van der Waals surface area contributed by atoms with Gasteiger partial charge in [0.1, 0.15) is 0 Å². The third-order valence-corrected chi connectivity index (χ3v) is 6.06. The smallest absolute Gasteiger partial charge is 0.258 e. The quantitative estimate of drug-likeness (QED) is 0.452. The van der Waals surface area contributed by atoms with Gasteiger partial charge in [0.2, 0.25) is 5.82 Å². The summed E-state index contributed by atoms with van der Waals surface area (Å²) >= 11 is 11.8. The van der Waals surface area contributed by atoms with Crippen molar-refractivity contribution in [3.8, 4) is 11.4 Å². The van der Waals surface area contributed by atoms with Gasteiger partial charge >= 0.3 is 0 Å². The molecule has 0 spiro atoms. The lowest BCUT2D eigenvalue weighted by atomic mass is 9.94. The van der Waals surface area contributed by atoms with Gasteiger partial charge in [-0.15, -0.1) is 0 Å². The minimum absolute atomic E-state index is 0.201. The predicted molar refractivity (Wildman–Crippen MR) is 129 cm³/mol. The number of unbranched alkanes of at least 4 members (excludes halogenated alkanes) is 1. The lowest BCUT2D eigenvalue weighted by molar-refractivity contribution is 0.395. The van der Waals surface area contributed by atoms with Gasteiger partial charge in [0.15, 0.2) is 5.11 Å². The summed E-state index contributed by atoms with van der Waals surface area (Å²) in [7, 11) is 0. The highest BCUT2D eigenvalue weighted by molar-refractivity contribution is 7.80. The van der Waals surface area contributed by atoms with Gasteiger partial charge in [-0.3, -0.25) is 0 Å². The van der Waals surface area contributed by atoms with Crippen molar-refractivity contribution >= 4 is 34.5 Å². The fourth-order valence-corrected chi connectivity index (χ4v) is 4.26. The second kappa shape index (κ2) is 9.20. The number of aryl methyl sites for hydroxylation is 1. The van der Waals surface area contributed by atoms with Crippen LogP contribution in [0.1, 0.15) is 49.7 Å². The van der Waals surface area contributed by atoms with Crippen molar-refractivity contribution in [2.45, 2.75) is 39.7 Å². The van der Waals surface area contributed by atoms with E-state index in [1.165, 1.54) is 0 Å². The van der Waals surface area contributed by atoms with Crippen molar-refractivity contribution in [1.29, 1.82) is 0 Å². The SMILES string of the molecule is CCCCN1C(=S)NC(c2ccc(Cl)cc2)C(c2nc(-c3cccc(C)c3)no2)=C1C. The summed E-state index contributed by atoms with van der Waals surface area (Å²) in [5.74, 6) is 1.06. The summed E-state index contributed by atoms with van der Waals surface area (Å²) in [6, 6.07) is 15.6. The molecule has 2 aromatic carbocycles. The fourth-order valence-electron chi connectivity index (χ4n) is 3.78. The molecule has 160 valence electrons. The molecule has 3 aromatic rings. The Hall–Kier alpha value is -2.70. The molecule has 31 heavy (non-hydrogen) atoms. The van der Waals surface area contributed by atoms with E-state index in [0.29, 0.717) is 21.9 Å². The Kier molecular flexibility index (Phi) is 6.39. The van der Waals surface area contributed by atoms with Crippen LogP contribution >= 0.6 is 23.8 Å². The van der Waals surface area contributed by atoms with Crippen LogP contribution in [0.5, 0.6) is 0 Å². The summed E-state index contributed by atoms with van der Waals surface area (Å²) in [5, 5.41) is 9.13. The van der Waals surface area contributed by atoms with Crippen LogP contribution in [-0.4, -0.2) is 26.7 Å². The number of hydrogen-bond donors (Lipinski definition) is 1. The largest absolute Gasteiger partial charge is 0.351 e. The summed E-state index contributed by atoms with van der Waals surface area (Å²) in [6.45, 7) is 7.12. The maximum absolute atomic E-state index is 6.12. The van der Waals surface area contributed by atoms with Gasteiger partial charge in [-0.1, -0.05) is 66.0 Å². The van der Waals surface area contributed by atoms with Crippen LogP contribution in [0.15, 0.2) is 58.8 Å². The van der Waals surface area contributed by atoms with Crippen molar-refractivity contribution in [2.24, 2.45) is 0 Å². The van der Waals surface area contributed by atoms with E-state index in [1.807, 2.05) is 55.5 Å². The molecule has 1 N–H and O–H groups in total. The average Bonchev–Trinajstić information content (AvgIpc) is 3.23. The summed E-state index contributed by atoms with van der Waals surface area (Å²) in [5.41, 5.74) is 5.06. The van der Waals surface area contributed by atoms with E-state index in [1.54, 1.807) is 0 Å². The molecular weight excluding hydrogens is 428 g/mol. The number of benzene rings is 2. The van der Waals surface area contributed by atoms with Crippen molar-refractivity contribution < 1.29 is 4.52 Å². The van der Waals surface area contributed by atoms with Gasteiger partial charge in [0.25, 0.3) is 5.89 Å². The second-order valence-electron chi connectivity index (χ2n) is 7.73. The number of nitrogens with zero attached hydrogens (tertiary/aromatic N) is 3. The number of allylic oxidation sites excluding steroid dienone is 1. The van der Waals surface area contributed by atoms with Gasteiger partial charge in [0.05, 0.1) is 11.6 Å². The van der Waals surface area contributed by atoms with E-state index in [0.717, 1.165) is 47.3 Å². The van der Waals surface area contributed by atoms with Crippen molar-refractivity contribution in [2.75, 3.05) is 6.54 Å². The number of hydrogen-bond acceptors (Lipinski definition) is 4. The molecule has 0 amide bonds. The van der Waals surface area contributed by atoms with E-state index >= 15 is 0 Å². The maximum atomic E-state index is 6.12. The molecule has 0 saturated heterocycles. The van der Waals surface area contributed by atoms with Crippen molar-refractivity contribution in [3.05, 3.63) is 76.3 Å². The molecule has 1 aliphatic heterocycles. The second-order valence-corrected chi connectivity index (χ2v) is 8.55. The normalized spacial score (nSPS) is 16.6. The van der Waals surface area contributed by atoms with Crippen molar-refractivity contribution in [3.63, 3.8) is 0 Å². The van der Waals surface area contributed by atoms with Gasteiger partial charge in [-0.2, -0.15) is 4.98 Å². The molecule has 0 radical (unpaired) electrons. The van der Waals surface area contributed by atoms with E-state index in [9.17, 15) is 0 Å². The summed E-state index contributed by atoms with van der Waals surface area (Å²) in [4.78, 5) is 6.88. The summed E-state index contributed by atoms with van der Waals surface area (Å²) in [6.07, 6.45) is 2.12. The Labute approximate surface area is 193 Å². The molecule has 2 heterocycles. The molecule has 1 aliphatic rings. The zero-order valence-corrected chi connectivity index (χ0v) is 19.4. The molecule has 4 rings (SSSR count). The highest BCUT2D eigenvalue weighted by Crippen LogP contribution is 2.37. The maximum Gasteiger partial charge on any atom is 0.258 e. The van der Waals surface area contributed by atoms with E-state index < -0.39 is 0 Å². The van der Waals surface area contributed by atoms with Gasteiger partial charge in [-0.05, 0) is 56.2 Å². The molecule has 5 nitrogen and oxygen atoms in total. The predicted octanol–water partition coefficient (Wildman–Crippen LogP) is 6.16. The number of rotatable bonds is 6. The number of thiocarbonyl (C=S) groups is 1. The lowest BCUT2D eigenvalue weighted by Crippen LogP contribution is -2.46. The first kappa shape index (κ1) is 21.5. The molecule has 0 bridgehead atoms. The monoisotopic (exact) mass is 452 g/mol. The Morgan fingerprint density at radius 2 is 1.94 bits per heavy atom. The fraction of sp³-hybridized carbons (Fsp3) is 0.292. The molecule has 1 atom stereocenters. The zero-order chi connectivity index (χ0) is 22.0. The van der Waals surface area contributed by atoms with Crippen LogP contribution < -0.4 is 5.32 Å². The number of halogens is 1. The van der Waals surface area contributed by atoms with E-state index in [-0.39, 0.29) is 6.04 Å². The number of aromatic nitrogens is 2. The molecule has 0 aliphatic carbocycles. The highest BCUT2D eigenvalue weighted by atomic mass is 35.5. The Morgan fingerprint density at radius 1 is 1.16 bits per heavy atom. The Morgan fingerprint density at radius 3 is 2.65 bits per heavy atom. The molecule has 0 saturated carbocycles. The molecule has 1 unspecified atom stereocenters. The Bertz CT molecular complexity index is 1120. The minimum atomic E-state index is -0.201. The molecule has 0 fully saturated rings. The van der Waals surface area contributed by atoms with E-state index in [4.69, 9.17) is 33.3 Å². The van der Waals surface area contributed by atoms with Gasteiger partial charge in [-0.25, -0.2) is 0 Å². The first-order valence-electron chi connectivity index (χ1n) is 10.4.